The molecule has 8 heteroatoms. The van der Waals surface area contributed by atoms with E-state index in [0.29, 0.717) is 38.6 Å². The highest BCUT2D eigenvalue weighted by Crippen LogP contribution is 2.30. The molecule has 0 spiro atoms. The van der Waals surface area contributed by atoms with E-state index in [1.54, 1.807) is 0 Å². The number of hydrogen-bond donors (Lipinski definition) is 1. The van der Waals surface area contributed by atoms with Gasteiger partial charge in [0.15, 0.2) is 15.8 Å². The van der Waals surface area contributed by atoms with Crippen LogP contribution in [0.3, 0.4) is 0 Å². The molecule has 3 aliphatic rings. The Balaban J connectivity index is 1.70. The Labute approximate surface area is 157 Å². The van der Waals surface area contributed by atoms with Gasteiger partial charge >= 0.3 is 0 Å². The number of hydrogen-bond acceptors (Lipinski definition) is 5. The molecule has 0 amide bonds. The summed E-state index contributed by atoms with van der Waals surface area (Å²) in [5, 5.41) is 3.36. The lowest BCUT2D eigenvalue weighted by Gasteiger charge is -2.34. The zero-order valence-corrected chi connectivity index (χ0v) is 16.8. The molecule has 2 fully saturated rings. The van der Waals surface area contributed by atoms with E-state index in [1.807, 2.05) is 6.92 Å². The Kier molecular flexibility index (Phi) is 6.25. The summed E-state index contributed by atoms with van der Waals surface area (Å²) >= 11 is 0. The van der Waals surface area contributed by atoms with Crippen molar-refractivity contribution in [1.29, 1.82) is 0 Å². The lowest BCUT2D eigenvalue weighted by molar-refractivity contribution is 0.0767. The zero-order chi connectivity index (χ0) is 18.6. The maximum atomic E-state index is 12.5. The van der Waals surface area contributed by atoms with Gasteiger partial charge in [-0.1, -0.05) is 12.2 Å². The molecule has 7 nitrogen and oxygen atoms in total. The number of sulfone groups is 1. The number of rotatable bonds is 5. The molecule has 0 bridgehead atoms. The van der Waals surface area contributed by atoms with Crippen molar-refractivity contribution in [2.24, 2.45) is 4.99 Å². The molecule has 0 aromatic rings. The number of nitrogens with one attached hydrogen (secondary N) is 1. The second kappa shape index (κ2) is 8.27. The summed E-state index contributed by atoms with van der Waals surface area (Å²) in [6.07, 6.45) is 7.96. The molecule has 0 aromatic carbocycles. The summed E-state index contributed by atoms with van der Waals surface area (Å²) in [6.45, 7) is 8.09. The molecule has 1 N–H and O–H groups in total. The summed E-state index contributed by atoms with van der Waals surface area (Å²) in [5.74, 6) is 0.844. The quantitative estimate of drug-likeness (QED) is 0.423. The molecule has 0 saturated carbocycles. The Morgan fingerprint density at radius 3 is 2.62 bits per heavy atom. The van der Waals surface area contributed by atoms with Crippen LogP contribution in [0.4, 0.5) is 0 Å². The van der Waals surface area contributed by atoms with Gasteiger partial charge in [0, 0.05) is 58.2 Å². The highest BCUT2D eigenvalue weighted by molar-refractivity contribution is 7.92. The molecule has 1 atom stereocenters. The maximum Gasteiger partial charge on any atom is 0.194 e. The normalized spacial score (nSPS) is 27.2. The van der Waals surface area contributed by atoms with Gasteiger partial charge < -0.3 is 15.0 Å². The maximum absolute atomic E-state index is 12.5. The molecule has 0 aromatic heterocycles. The molecular formula is C18H32N4O3S. The Morgan fingerprint density at radius 2 is 2.00 bits per heavy atom. The lowest BCUT2D eigenvalue weighted by atomic mass is 9.99. The standard InChI is InChI=1S/C18H32N4O3S/c1-3-19-17(22-11-6-16(14-22)21-9-4-5-10-21)20-15-18(26(2,23)24)7-12-25-13-8-18/h4-5,16H,3,6-15H2,1-2H3,(H,19,20). The minimum atomic E-state index is -3.20. The van der Waals surface area contributed by atoms with Crippen LogP contribution in [0, 0.1) is 0 Å². The van der Waals surface area contributed by atoms with Crippen molar-refractivity contribution in [3.63, 3.8) is 0 Å². The highest BCUT2D eigenvalue weighted by Gasteiger charge is 2.42. The van der Waals surface area contributed by atoms with Crippen LogP contribution >= 0.6 is 0 Å². The summed E-state index contributed by atoms with van der Waals surface area (Å²) in [6, 6.07) is 0.542. The largest absolute Gasteiger partial charge is 0.381 e. The van der Waals surface area contributed by atoms with Crippen LogP contribution < -0.4 is 5.32 Å². The van der Waals surface area contributed by atoms with E-state index >= 15 is 0 Å². The predicted octanol–water partition coefficient (Wildman–Crippen LogP) is 0.492. The smallest absolute Gasteiger partial charge is 0.194 e. The van der Waals surface area contributed by atoms with Crippen molar-refractivity contribution in [3.8, 4) is 0 Å². The number of guanidine groups is 1. The molecule has 3 heterocycles. The van der Waals surface area contributed by atoms with Gasteiger partial charge in [-0.25, -0.2) is 8.42 Å². The average molecular weight is 385 g/mol. The average Bonchev–Trinajstić information content (AvgIpc) is 3.29. The monoisotopic (exact) mass is 384 g/mol. The number of ether oxygens (including phenoxy) is 1. The third-order valence-electron chi connectivity index (χ3n) is 5.87. The van der Waals surface area contributed by atoms with E-state index in [1.165, 1.54) is 6.26 Å². The number of likely N-dealkylation sites (tertiary alicyclic amines) is 1. The van der Waals surface area contributed by atoms with E-state index in [-0.39, 0.29) is 0 Å². The SMILES string of the molecule is CCNC(=NCC1(S(C)(=O)=O)CCOCC1)N1CCC(N2CC=CC2)C1. The second-order valence-corrected chi connectivity index (χ2v) is 9.96. The second-order valence-electron chi connectivity index (χ2n) is 7.55. The predicted molar refractivity (Wildman–Crippen MR) is 104 cm³/mol. The van der Waals surface area contributed by atoms with Gasteiger partial charge in [0.05, 0.1) is 11.3 Å². The summed E-state index contributed by atoms with van der Waals surface area (Å²) < 4.78 is 29.5. The summed E-state index contributed by atoms with van der Waals surface area (Å²) in [4.78, 5) is 9.55. The minimum absolute atomic E-state index is 0.309. The third kappa shape index (κ3) is 4.23. The summed E-state index contributed by atoms with van der Waals surface area (Å²) in [7, 11) is -3.20. The van der Waals surface area contributed by atoms with Crippen molar-refractivity contribution in [3.05, 3.63) is 12.2 Å². The van der Waals surface area contributed by atoms with Gasteiger partial charge in [-0.2, -0.15) is 0 Å². The molecule has 3 rings (SSSR count). The Morgan fingerprint density at radius 1 is 1.31 bits per heavy atom. The van der Waals surface area contributed by atoms with Gasteiger partial charge in [0.2, 0.25) is 0 Å². The van der Waals surface area contributed by atoms with Gasteiger partial charge in [-0.3, -0.25) is 9.89 Å². The summed E-state index contributed by atoms with van der Waals surface area (Å²) in [5.41, 5.74) is 0. The van der Waals surface area contributed by atoms with E-state index in [9.17, 15) is 8.42 Å². The van der Waals surface area contributed by atoms with E-state index in [4.69, 9.17) is 9.73 Å². The molecule has 148 valence electrons. The minimum Gasteiger partial charge on any atom is -0.381 e. The molecule has 2 saturated heterocycles. The van der Waals surface area contributed by atoms with Crippen LogP contribution in [-0.2, 0) is 14.6 Å². The molecule has 26 heavy (non-hydrogen) atoms. The van der Waals surface area contributed by atoms with Gasteiger partial charge in [0.25, 0.3) is 0 Å². The molecule has 0 radical (unpaired) electrons. The van der Waals surface area contributed by atoms with Crippen molar-refractivity contribution in [2.75, 3.05) is 58.7 Å². The van der Waals surface area contributed by atoms with E-state index < -0.39 is 14.6 Å². The fraction of sp³-hybridized carbons (Fsp3) is 0.833. The zero-order valence-electron chi connectivity index (χ0n) is 16.0. The van der Waals surface area contributed by atoms with Crippen LogP contribution in [-0.4, -0.2) is 93.7 Å². The van der Waals surface area contributed by atoms with Gasteiger partial charge in [-0.05, 0) is 26.2 Å². The van der Waals surface area contributed by atoms with Crippen molar-refractivity contribution < 1.29 is 13.2 Å². The fourth-order valence-corrected chi connectivity index (χ4v) is 5.27. The topological polar surface area (TPSA) is 74.2 Å². The van der Waals surface area contributed by atoms with Crippen LogP contribution in [0.15, 0.2) is 17.1 Å². The molecule has 0 aliphatic carbocycles. The first-order valence-electron chi connectivity index (χ1n) is 9.65. The van der Waals surface area contributed by atoms with E-state index in [0.717, 1.165) is 45.1 Å². The highest BCUT2D eigenvalue weighted by atomic mass is 32.2. The molecular weight excluding hydrogens is 352 g/mol. The van der Waals surface area contributed by atoms with Crippen LogP contribution in [0.2, 0.25) is 0 Å². The first kappa shape index (κ1) is 19.6. The van der Waals surface area contributed by atoms with E-state index in [2.05, 4.69) is 27.3 Å². The first-order valence-corrected chi connectivity index (χ1v) is 11.5. The van der Waals surface area contributed by atoms with Crippen LogP contribution in [0.25, 0.3) is 0 Å². The Bertz CT molecular complexity index is 633. The third-order valence-corrected chi connectivity index (χ3v) is 7.98. The van der Waals surface area contributed by atoms with Crippen LogP contribution in [0.1, 0.15) is 26.2 Å². The lowest BCUT2D eigenvalue weighted by Crippen LogP contribution is -2.48. The van der Waals surface area contributed by atoms with Crippen molar-refractivity contribution in [1.82, 2.24) is 15.1 Å². The molecule has 1 unspecified atom stereocenters. The van der Waals surface area contributed by atoms with Gasteiger partial charge in [0.1, 0.15) is 0 Å². The fourth-order valence-electron chi connectivity index (χ4n) is 4.06. The Hall–Kier alpha value is -1.12. The first-order chi connectivity index (χ1) is 12.5. The van der Waals surface area contributed by atoms with Gasteiger partial charge in [-0.15, -0.1) is 0 Å². The van der Waals surface area contributed by atoms with Crippen molar-refractivity contribution >= 4 is 15.8 Å². The van der Waals surface area contributed by atoms with Crippen molar-refractivity contribution in [2.45, 2.75) is 37.0 Å². The number of nitrogens with zero attached hydrogens (tertiary/aromatic N) is 3. The molecule has 3 aliphatic heterocycles. The van der Waals surface area contributed by atoms with Crippen LogP contribution in [0.5, 0.6) is 0 Å². The number of aliphatic imine (C=N–C) groups is 1.